The number of hydrogen-bond acceptors (Lipinski definition) is 4. The molecule has 0 fully saturated rings. The van der Waals surface area contributed by atoms with Gasteiger partial charge < -0.3 is 25.3 Å². The fourth-order valence-corrected chi connectivity index (χ4v) is 2.15. The second-order valence-corrected chi connectivity index (χ2v) is 5.45. The van der Waals surface area contributed by atoms with Gasteiger partial charge in [0.05, 0.1) is 20.8 Å². The summed E-state index contributed by atoms with van der Waals surface area (Å²) in [4.78, 5) is 4.20. The summed E-state index contributed by atoms with van der Waals surface area (Å²) in [5.74, 6) is 1.04. The van der Waals surface area contributed by atoms with Gasteiger partial charge in [-0.2, -0.15) is 13.2 Å². The van der Waals surface area contributed by atoms with Crippen LogP contribution in [0.5, 0.6) is 17.2 Å². The van der Waals surface area contributed by atoms with E-state index in [1.165, 1.54) is 13.2 Å². The Hall–Kier alpha value is -2.37. The van der Waals surface area contributed by atoms with Gasteiger partial charge in [-0.25, -0.2) is 4.99 Å². The number of guanidine groups is 1. The van der Waals surface area contributed by atoms with E-state index in [4.69, 9.17) is 19.9 Å². The number of anilines is 1. The van der Waals surface area contributed by atoms with Crippen LogP contribution < -0.4 is 25.3 Å². The van der Waals surface area contributed by atoms with E-state index in [1.54, 1.807) is 43.5 Å². The smallest absolute Gasteiger partial charge is 0.422 e. The molecule has 0 aliphatic rings. The average molecular weight is 511 g/mol. The lowest BCUT2D eigenvalue weighted by molar-refractivity contribution is -0.153. The third kappa shape index (κ3) is 7.71. The number of benzene rings is 2. The molecule has 2 aromatic rings. The molecule has 28 heavy (non-hydrogen) atoms. The SMILES string of the molecule is COc1cccc(NC(N)=NCc2ccc(OCC(F)(F)F)c(OC)c2)c1.I. The first kappa shape index (κ1) is 23.7. The molecule has 0 unspecified atom stereocenters. The molecule has 6 nitrogen and oxygen atoms in total. The van der Waals surface area contributed by atoms with Crippen molar-refractivity contribution >= 4 is 35.6 Å². The zero-order valence-corrected chi connectivity index (χ0v) is 17.6. The standard InChI is InChI=1S/C18H20F3N3O3.HI/c1-25-14-5-3-4-13(9-14)24-17(22)23-10-12-6-7-15(16(8-12)26-2)27-11-18(19,20)21;/h3-9H,10-11H2,1-2H3,(H3,22,23,24);1H. The lowest BCUT2D eigenvalue weighted by Crippen LogP contribution is -2.22. The molecule has 0 saturated carbocycles. The molecule has 2 rings (SSSR count). The number of alkyl halides is 3. The van der Waals surface area contributed by atoms with Gasteiger partial charge in [0.2, 0.25) is 0 Å². The summed E-state index contributed by atoms with van der Waals surface area (Å²) in [6, 6.07) is 11.7. The second kappa shape index (κ2) is 10.8. The fourth-order valence-electron chi connectivity index (χ4n) is 2.15. The number of methoxy groups -OCH3 is 2. The Bertz CT molecular complexity index is 801. The first-order valence-electron chi connectivity index (χ1n) is 7.88. The molecule has 154 valence electrons. The molecule has 3 N–H and O–H groups in total. The van der Waals surface area contributed by atoms with E-state index in [9.17, 15) is 13.2 Å². The van der Waals surface area contributed by atoms with Crippen LogP contribution in [0.1, 0.15) is 5.56 Å². The maximum Gasteiger partial charge on any atom is 0.422 e. The lowest BCUT2D eigenvalue weighted by Gasteiger charge is -2.13. The van der Waals surface area contributed by atoms with E-state index in [-0.39, 0.29) is 48.0 Å². The summed E-state index contributed by atoms with van der Waals surface area (Å²) in [6.45, 7) is -1.18. The van der Waals surface area contributed by atoms with Crippen LogP contribution in [0.2, 0.25) is 0 Å². The molecule has 0 amide bonds. The van der Waals surface area contributed by atoms with Gasteiger partial charge in [0.1, 0.15) is 5.75 Å². The van der Waals surface area contributed by atoms with Crippen molar-refractivity contribution in [1.29, 1.82) is 0 Å². The minimum absolute atomic E-state index is 0. The number of nitrogens with one attached hydrogen (secondary N) is 1. The summed E-state index contributed by atoms with van der Waals surface area (Å²) >= 11 is 0. The third-order valence-electron chi connectivity index (χ3n) is 3.39. The Kier molecular flexibility index (Phi) is 9.16. The van der Waals surface area contributed by atoms with E-state index in [2.05, 4.69) is 10.3 Å². The van der Waals surface area contributed by atoms with Gasteiger partial charge in [-0.3, -0.25) is 0 Å². The fraction of sp³-hybridized carbons (Fsp3) is 0.278. The van der Waals surface area contributed by atoms with Gasteiger partial charge in [0.15, 0.2) is 24.1 Å². The highest BCUT2D eigenvalue weighted by Gasteiger charge is 2.29. The van der Waals surface area contributed by atoms with Crippen molar-refractivity contribution in [2.24, 2.45) is 10.7 Å². The molecular formula is C18H21F3IN3O3. The second-order valence-electron chi connectivity index (χ2n) is 5.45. The molecule has 10 heteroatoms. The number of nitrogens with zero attached hydrogens (tertiary/aromatic N) is 1. The van der Waals surface area contributed by atoms with Crippen molar-refractivity contribution in [3.63, 3.8) is 0 Å². The van der Waals surface area contributed by atoms with Gasteiger partial charge in [0, 0.05) is 11.8 Å². The Balaban J connectivity index is 0.00000392. The molecule has 0 aliphatic heterocycles. The predicted molar refractivity (Wildman–Crippen MR) is 112 cm³/mol. The van der Waals surface area contributed by atoms with Gasteiger partial charge in [0.25, 0.3) is 0 Å². The highest BCUT2D eigenvalue weighted by Crippen LogP contribution is 2.30. The van der Waals surface area contributed by atoms with Crippen LogP contribution in [-0.2, 0) is 6.54 Å². The average Bonchev–Trinajstić information content (AvgIpc) is 2.64. The summed E-state index contributed by atoms with van der Waals surface area (Å²) in [6.07, 6.45) is -4.42. The minimum atomic E-state index is -4.42. The third-order valence-corrected chi connectivity index (χ3v) is 3.39. The molecule has 0 radical (unpaired) electrons. The van der Waals surface area contributed by atoms with E-state index in [0.29, 0.717) is 17.0 Å². The van der Waals surface area contributed by atoms with Gasteiger partial charge >= 0.3 is 6.18 Å². The zero-order valence-electron chi connectivity index (χ0n) is 15.2. The number of rotatable bonds is 7. The molecule has 2 aromatic carbocycles. The van der Waals surface area contributed by atoms with E-state index < -0.39 is 12.8 Å². The molecule has 0 spiro atoms. The topological polar surface area (TPSA) is 78.1 Å². The van der Waals surface area contributed by atoms with Crippen LogP contribution in [0.15, 0.2) is 47.5 Å². The maximum atomic E-state index is 12.3. The van der Waals surface area contributed by atoms with Crippen molar-refractivity contribution in [3.8, 4) is 17.2 Å². The van der Waals surface area contributed by atoms with Crippen LogP contribution in [0, 0.1) is 0 Å². The Morgan fingerprint density at radius 2 is 1.82 bits per heavy atom. The van der Waals surface area contributed by atoms with Crippen molar-refractivity contribution in [2.45, 2.75) is 12.7 Å². The number of ether oxygens (including phenoxy) is 3. The zero-order chi connectivity index (χ0) is 19.9. The van der Waals surface area contributed by atoms with E-state index in [1.807, 2.05) is 0 Å². The first-order chi connectivity index (χ1) is 12.8. The van der Waals surface area contributed by atoms with Gasteiger partial charge in [-0.1, -0.05) is 12.1 Å². The highest BCUT2D eigenvalue weighted by atomic mass is 127. The lowest BCUT2D eigenvalue weighted by atomic mass is 10.2. The normalized spacial score (nSPS) is 11.4. The van der Waals surface area contributed by atoms with Crippen LogP contribution in [-0.4, -0.2) is 33.0 Å². The number of aliphatic imine (C=N–C) groups is 1. The summed E-state index contributed by atoms with van der Waals surface area (Å²) in [5, 5.41) is 2.93. The number of halogens is 4. The van der Waals surface area contributed by atoms with Gasteiger partial charge in [-0.15, -0.1) is 24.0 Å². The van der Waals surface area contributed by atoms with E-state index in [0.717, 1.165) is 0 Å². The molecular weight excluding hydrogens is 490 g/mol. The summed E-state index contributed by atoms with van der Waals surface area (Å²) in [7, 11) is 2.91. The molecule has 0 saturated heterocycles. The van der Waals surface area contributed by atoms with Crippen LogP contribution in [0.25, 0.3) is 0 Å². The maximum absolute atomic E-state index is 12.3. The molecule has 0 aromatic heterocycles. The first-order valence-corrected chi connectivity index (χ1v) is 7.88. The quantitative estimate of drug-likeness (QED) is 0.331. The molecule has 0 atom stereocenters. The molecule has 0 heterocycles. The summed E-state index contributed by atoms with van der Waals surface area (Å²) < 4.78 is 51.8. The Labute approximate surface area is 177 Å². The minimum Gasteiger partial charge on any atom is -0.497 e. The van der Waals surface area contributed by atoms with E-state index >= 15 is 0 Å². The van der Waals surface area contributed by atoms with Crippen LogP contribution in [0.3, 0.4) is 0 Å². The molecule has 0 bridgehead atoms. The van der Waals surface area contributed by atoms with Gasteiger partial charge in [-0.05, 0) is 29.8 Å². The van der Waals surface area contributed by atoms with Crippen molar-refractivity contribution in [2.75, 3.05) is 26.1 Å². The van der Waals surface area contributed by atoms with Crippen molar-refractivity contribution in [3.05, 3.63) is 48.0 Å². The van der Waals surface area contributed by atoms with Crippen molar-refractivity contribution in [1.82, 2.24) is 0 Å². The Morgan fingerprint density at radius 3 is 2.46 bits per heavy atom. The Morgan fingerprint density at radius 1 is 1.07 bits per heavy atom. The predicted octanol–water partition coefficient (Wildman–Crippen LogP) is 4.19. The number of hydrogen-bond donors (Lipinski definition) is 2. The number of nitrogens with two attached hydrogens (primary N) is 1. The highest BCUT2D eigenvalue weighted by molar-refractivity contribution is 14.0. The van der Waals surface area contributed by atoms with Crippen LogP contribution >= 0.6 is 24.0 Å². The van der Waals surface area contributed by atoms with Crippen molar-refractivity contribution < 1.29 is 27.4 Å². The largest absolute Gasteiger partial charge is 0.497 e. The monoisotopic (exact) mass is 511 g/mol. The molecule has 0 aliphatic carbocycles. The van der Waals surface area contributed by atoms with Crippen LogP contribution in [0.4, 0.5) is 18.9 Å². The summed E-state index contributed by atoms with van der Waals surface area (Å²) in [5.41, 5.74) is 7.27.